The molecule has 1 aliphatic rings. The first-order valence-electron chi connectivity index (χ1n) is 9.74. The van der Waals surface area contributed by atoms with Gasteiger partial charge in [0, 0.05) is 24.6 Å². The molecule has 0 spiro atoms. The number of benzene rings is 2. The molecule has 0 bridgehead atoms. The molecule has 1 unspecified atom stereocenters. The first-order chi connectivity index (χ1) is 13.0. The Bertz CT molecular complexity index is 772. The molecule has 1 N–H and O–H groups in total. The molecule has 1 amide bonds. The summed E-state index contributed by atoms with van der Waals surface area (Å²) in [6, 6.07) is 16.9. The van der Waals surface area contributed by atoms with Gasteiger partial charge in [-0.1, -0.05) is 42.5 Å². The number of ether oxygens (including phenoxy) is 1. The van der Waals surface area contributed by atoms with Gasteiger partial charge in [-0.2, -0.15) is 0 Å². The van der Waals surface area contributed by atoms with Crippen molar-refractivity contribution in [3.8, 4) is 16.9 Å². The summed E-state index contributed by atoms with van der Waals surface area (Å²) in [5.74, 6) is 1.25. The summed E-state index contributed by atoms with van der Waals surface area (Å²) in [4.78, 5) is 14.8. The van der Waals surface area contributed by atoms with Crippen molar-refractivity contribution >= 4 is 5.91 Å². The van der Waals surface area contributed by atoms with E-state index in [2.05, 4.69) is 49.5 Å². The average molecular weight is 367 g/mol. The Kier molecular flexibility index (Phi) is 6.17. The van der Waals surface area contributed by atoms with Gasteiger partial charge in [-0.15, -0.1) is 0 Å². The molecule has 3 rings (SSSR count). The van der Waals surface area contributed by atoms with Crippen LogP contribution in [0.2, 0.25) is 0 Å². The molecule has 3 atom stereocenters. The molecule has 27 heavy (non-hydrogen) atoms. The van der Waals surface area contributed by atoms with Crippen molar-refractivity contribution in [1.82, 2.24) is 10.2 Å². The molecule has 0 saturated carbocycles. The SMILES string of the molecule is COc1ccccc1-c1ccc(C(C)N(C)C(=O)[C@H]2CCN[C@@H](C)C2)cc1. The quantitative estimate of drug-likeness (QED) is 0.859. The molecule has 4 heteroatoms. The van der Waals surface area contributed by atoms with Gasteiger partial charge in [-0.3, -0.25) is 4.79 Å². The van der Waals surface area contributed by atoms with Gasteiger partial charge in [0.25, 0.3) is 0 Å². The minimum atomic E-state index is 0.0504. The number of hydrogen-bond donors (Lipinski definition) is 1. The molecule has 1 saturated heterocycles. The standard InChI is InChI=1S/C23H30N2O2/c1-16-15-20(13-14-24-16)23(26)25(3)17(2)18-9-11-19(12-10-18)21-7-5-6-8-22(21)27-4/h5-12,16-17,20,24H,13-15H2,1-4H3/t16-,17?,20-/m0/s1. The maximum absolute atomic E-state index is 12.9. The number of nitrogens with one attached hydrogen (secondary N) is 1. The summed E-state index contributed by atoms with van der Waals surface area (Å²) < 4.78 is 5.46. The average Bonchev–Trinajstić information content (AvgIpc) is 2.72. The van der Waals surface area contributed by atoms with Crippen LogP contribution in [0.25, 0.3) is 11.1 Å². The van der Waals surface area contributed by atoms with E-state index in [1.165, 1.54) is 0 Å². The molecule has 2 aromatic carbocycles. The third kappa shape index (κ3) is 4.33. The van der Waals surface area contributed by atoms with Crippen LogP contribution in [0.4, 0.5) is 0 Å². The summed E-state index contributed by atoms with van der Waals surface area (Å²) in [5.41, 5.74) is 3.34. The Morgan fingerprint density at radius 1 is 1.19 bits per heavy atom. The second kappa shape index (κ2) is 8.57. The highest BCUT2D eigenvalue weighted by Gasteiger charge is 2.29. The summed E-state index contributed by atoms with van der Waals surface area (Å²) in [6.45, 7) is 5.17. The monoisotopic (exact) mass is 366 g/mol. The Hall–Kier alpha value is -2.33. The summed E-state index contributed by atoms with van der Waals surface area (Å²) in [7, 11) is 3.62. The second-order valence-electron chi connectivity index (χ2n) is 7.52. The van der Waals surface area contributed by atoms with E-state index in [9.17, 15) is 4.79 Å². The highest BCUT2D eigenvalue weighted by Crippen LogP contribution is 2.31. The van der Waals surface area contributed by atoms with Gasteiger partial charge >= 0.3 is 0 Å². The third-order valence-corrected chi connectivity index (χ3v) is 5.71. The lowest BCUT2D eigenvalue weighted by Gasteiger charge is -2.33. The van der Waals surface area contributed by atoms with Gasteiger partial charge in [0.15, 0.2) is 0 Å². The molecule has 1 fully saturated rings. The fourth-order valence-corrected chi connectivity index (χ4v) is 3.88. The Morgan fingerprint density at radius 3 is 2.56 bits per heavy atom. The maximum Gasteiger partial charge on any atom is 0.226 e. The minimum Gasteiger partial charge on any atom is -0.496 e. The van der Waals surface area contributed by atoms with Crippen LogP contribution in [0.1, 0.15) is 38.3 Å². The van der Waals surface area contributed by atoms with Gasteiger partial charge in [0.1, 0.15) is 5.75 Å². The van der Waals surface area contributed by atoms with Crippen LogP contribution >= 0.6 is 0 Å². The van der Waals surface area contributed by atoms with Crippen LogP contribution in [0, 0.1) is 5.92 Å². The zero-order valence-corrected chi connectivity index (χ0v) is 16.7. The summed E-state index contributed by atoms with van der Waals surface area (Å²) in [6.07, 6.45) is 1.84. The fraction of sp³-hybridized carbons (Fsp3) is 0.435. The molecule has 144 valence electrons. The predicted octanol–water partition coefficient (Wildman–Crippen LogP) is 4.27. The number of nitrogens with zero attached hydrogens (tertiary/aromatic N) is 1. The third-order valence-electron chi connectivity index (χ3n) is 5.71. The normalized spacial score (nSPS) is 20.7. The predicted molar refractivity (Wildman–Crippen MR) is 110 cm³/mol. The Morgan fingerprint density at radius 2 is 1.89 bits per heavy atom. The highest BCUT2D eigenvalue weighted by molar-refractivity contribution is 5.79. The van der Waals surface area contributed by atoms with Crippen LogP contribution in [-0.2, 0) is 4.79 Å². The second-order valence-corrected chi connectivity index (χ2v) is 7.52. The molecule has 1 aliphatic heterocycles. The van der Waals surface area contributed by atoms with Gasteiger partial charge in [0.2, 0.25) is 5.91 Å². The van der Waals surface area contributed by atoms with Crippen LogP contribution in [-0.4, -0.2) is 37.6 Å². The number of para-hydroxylation sites is 1. The first kappa shape index (κ1) is 19.4. The van der Waals surface area contributed by atoms with Gasteiger partial charge in [0.05, 0.1) is 13.2 Å². The van der Waals surface area contributed by atoms with Crippen LogP contribution in [0.15, 0.2) is 48.5 Å². The number of rotatable bonds is 5. The first-order valence-corrected chi connectivity index (χ1v) is 9.74. The molecular formula is C23H30N2O2. The zero-order chi connectivity index (χ0) is 19.4. The van der Waals surface area contributed by atoms with E-state index in [0.717, 1.165) is 41.8 Å². The molecule has 0 aromatic heterocycles. The number of hydrogen-bond acceptors (Lipinski definition) is 3. The summed E-state index contributed by atoms with van der Waals surface area (Å²) in [5, 5.41) is 3.42. The Labute approximate surface area is 162 Å². The maximum atomic E-state index is 12.9. The van der Waals surface area contributed by atoms with Crippen molar-refractivity contribution in [2.75, 3.05) is 20.7 Å². The fourth-order valence-electron chi connectivity index (χ4n) is 3.88. The molecular weight excluding hydrogens is 336 g/mol. The topological polar surface area (TPSA) is 41.6 Å². The zero-order valence-electron chi connectivity index (χ0n) is 16.7. The van der Waals surface area contributed by atoms with Crippen LogP contribution < -0.4 is 10.1 Å². The minimum absolute atomic E-state index is 0.0504. The van der Waals surface area contributed by atoms with E-state index in [1.807, 2.05) is 30.1 Å². The van der Waals surface area contributed by atoms with E-state index in [1.54, 1.807) is 7.11 Å². The number of carbonyl (C=O) groups is 1. The Balaban J connectivity index is 1.73. The van der Waals surface area contributed by atoms with Crippen molar-refractivity contribution in [3.05, 3.63) is 54.1 Å². The lowest BCUT2D eigenvalue weighted by atomic mass is 9.91. The summed E-state index contributed by atoms with van der Waals surface area (Å²) >= 11 is 0. The van der Waals surface area contributed by atoms with Gasteiger partial charge in [-0.25, -0.2) is 0 Å². The van der Waals surface area contributed by atoms with Crippen molar-refractivity contribution in [1.29, 1.82) is 0 Å². The van der Waals surface area contributed by atoms with Crippen LogP contribution in [0.5, 0.6) is 5.75 Å². The lowest BCUT2D eigenvalue weighted by molar-refractivity contribution is -0.137. The molecule has 1 heterocycles. The molecule has 0 aliphatic carbocycles. The van der Waals surface area contributed by atoms with Crippen molar-refractivity contribution in [2.45, 2.75) is 38.8 Å². The van der Waals surface area contributed by atoms with E-state index < -0.39 is 0 Å². The van der Waals surface area contributed by atoms with Crippen molar-refractivity contribution in [2.24, 2.45) is 5.92 Å². The number of amides is 1. The van der Waals surface area contributed by atoms with Crippen LogP contribution in [0.3, 0.4) is 0 Å². The molecule has 0 radical (unpaired) electrons. The van der Waals surface area contributed by atoms with Crippen molar-refractivity contribution < 1.29 is 9.53 Å². The lowest BCUT2D eigenvalue weighted by Crippen LogP contribution is -2.43. The number of piperidine rings is 1. The largest absolute Gasteiger partial charge is 0.496 e. The van der Waals surface area contributed by atoms with Crippen molar-refractivity contribution in [3.63, 3.8) is 0 Å². The van der Waals surface area contributed by atoms with E-state index in [0.29, 0.717) is 6.04 Å². The van der Waals surface area contributed by atoms with E-state index >= 15 is 0 Å². The highest BCUT2D eigenvalue weighted by atomic mass is 16.5. The van der Waals surface area contributed by atoms with Gasteiger partial charge < -0.3 is 15.0 Å². The van der Waals surface area contributed by atoms with E-state index in [4.69, 9.17) is 4.74 Å². The number of carbonyl (C=O) groups excluding carboxylic acids is 1. The molecule has 2 aromatic rings. The van der Waals surface area contributed by atoms with E-state index in [-0.39, 0.29) is 17.9 Å². The number of methoxy groups -OCH3 is 1. The smallest absolute Gasteiger partial charge is 0.226 e. The molecule has 4 nitrogen and oxygen atoms in total. The van der Waals surface area contributed by atoms with Gasteiger partial charge in [-0.05, 0) is 50.4 Å².